The van der Waals surface area contributed by atoms with Gasteiger partial charge in [0.1, 0.15) is 0 Å². The summed E-state index contributed by atoms with van der Waals surface area (Å²) in [6, 6.07) is 12.3. The van der Waals surface area contributed by atoms with E-state index in [1.54, 1.807) is 6.20 Å². The van der Waals surface area contributed by atoms with E-state index >= 15 is 0 Å². The summed E-state index contributed by atoms with van der Waals surface area (Å²) in [5.74, 6) is 1.55. The van der Waals surface area contributed by atoms with Crippen LogP contribution in [0.5, 0.6) is 0 Å². The lowest BCUT2D eigenvalue weighted by molar-refractivity contribution is -0.133. The van der Waals surface area contributed by atoms with Gasteiger partial charge in [-0.1, -0.05) is 25.0 Å². The van der Waals surface area contributed by atoms with Crippen molar-refractivity contribution in [2.75, 3.05) is 36.4 Å². The molecule has 3 heterocycles. The first-order chi connectivity index (χ1) is 16.7. The average molecular weight is 461 g/mol. The van der Waals surface area contributed by atoms with Gasteiger partial charge in [-0.3, -0.25) is 14.6 Å². The van der Waals surface area contributed by atoms with Crippen molar-refractivity contribution in [3.63, 3.8) is 0 Å². The molecule has 2 saturated heterocycles. The molecule has 1 N–H and O–H groups in total. The number of hydrogen-bond donors (Lipinski definition) is 1. The van der Waals surface area contributed by atoms with Crippen LogP contribution in [0.15, 0.2) is 48.8 Å². The minimum absolute atomic E-state index is 0.00835. The Hall–Kier alpha value is -2.89. The number of piperidine rings is 1. The molecule has 2 aromatic rings. The zero-order valence-electron chi connectivity index (χ0n) is 20.0. The van der Waals surface area contributed by atoms with Crippen LogP contribution in [0.3, 0.4) is 0 Å². The van der Waals surface area contributed by atoms with Crippen LogP contribution in [-0.4, -0.2) is 47.9 Å². The molecular weight excluding hydrogens is 424 g/mol. The number of likely N-dealkylation sites (tertiary alicyclic amines) is 1. The molecule has 180 valence electrons. The summed E-state index contributed by atoms with van der Waals surface area (Å²) in [5.41, 5.74) is 3.25. The summed E-state index contributed by atoms with van der Waals surface area (Å²) in [4.78, 5) is 33.9. The maximum Gasteiger partial charge on any atom is 0.229 e. The molecule has 2 aliphatic heterocycles. The third kappa shape index (κ3) is 5.43. The van der Waals surface area contributed by atoms with Gasteiger partial charge in [-0.05, 0) is 73.8 Å². The molecule has 0 radical (unpaired) electrons. The lowest BCUT2D eigenvalue weighted by atomic mass is 9.89. The van der Waals surface area contributed by atoms with Gasteiger partial charge in [0.05, 0.1) is 17.8 Å². The van der Waals surface area contributed by atoms with Crippen molar-refractivity contribution < 1.29 is 9.59 Å². The minimum Gasteiger partial charge on any atom is -0.369 e. The van der Waals surface area contributed by atoms with Crippen LogP contribution in [0.25, 0.3) is 0 Å². The topological polar surface area (TPSA) is 65.5 Å². The number of nitrogens with zero attached hydrogens (tertiary/aromatic N) is 3. The second-order valence-corrected chi connectivity index (χ2v) is 10.3. The van der Waals surface area contributed by atoms with Crippen LogP contribution in [0, 0.1) is 11.8 Å². The van der Waals surface area contributed by atoms with Crippen molar-refractivity contribution in [3.8, 4) is 0 Å². The molecule has 6 heteroatoms. The highest BCUT2D eigenvalue weighted by atomic mass is 16.2. The van der Waals surface area contributed by atoms with E-state index in [4.69, 9.17) is 0 Å². The van der Waals surface area contributed by atoms with Crippen LogP contribution in [0.1, 0.15) is 62.8 Å². The summed E-state index contributed by atoms with van der Waals surface area (Å²) >= 11 is 0. The Morgan fingerprint density at radius 2 is 1.71 bits per heavy atom. The smallest absolute Gasteiger partial charge is 0.229 e. The van der Waals surface area contributed by atoms with Crippen LogP contribution in [-0.2, 0) is 9.59 Å². The number of benzene rings is 1. The first-order valence-corrected chi connectivity index (χ1v) is 13.0. The third-order valence-electron chi connectivity index (χ3n) is 8.01. The fourth-order valence-electron chi connectivity index (χ4n) is 5.89. The van der Waals surface area contributed by atoms with Gasteiger partial charge < -0.3 is 15.1 Å². The van der Waals surface area contributed by atoms with Crippen molar-refractivity contribution in [2.24, 2.45) is 11.8 Å². The highest BCUT2D eigenvalue weighted by Gasteiger charge is 2.29. The molecule has 3 fully saturated rings. The van der Waals surface area contributed by atoms with Gasteiger partial charge in [0, 0.05) is 44.5 Å². The van der Waals surface area contributed by atoms with Gasteiger partial charge in [-0.25, -0.2) is 0 Å². The molecule has 6 nitrogen and oxygen atoms in total. The molecule has 3 aliphatic rings. The number of nitrogens with one attached hydrogen (secondary N) is 1. The van der Waals surface area contributed by atoms with Crippen LogP contribution >= 0.6 is 0 Å². The van der Waals surface area contributed by atoms with Crippen molar-refractivity contribution in [1.29, 1.82) is 0 Å². The molecule has 1 atom stereocenters. The zero-order valence-corrected chi connectivity index (χ0v) is 20.0. The van der Waals surface area contributed by atoms with Gasteiger partial charge in [0.15, 0.2) is 0 Å². The third-order valence-corrected chi connectivity index (χ3v) is 8.01. The lowest BCUT2D eigenvalue weighted by Gasteiger charge is -2.33. The largest absolute Gasteiger partial charge is 0.369 e. The van der Waals surface area contributed by atoms with Crippen molar-refractivity contribution >= 4 is 23.2 Å². The quantitative estimate of drug-likeness (QED) is 0.670. The van der Waals surface area contributed by atoms with E-state index in [0.717, 1.165) is 63.2 Å². The van der Waals surface area contributed by atoms with E-state index in [-0.39, 0.29) is 11.8 Å². The summed E-state index contributed by atoms with van der Waals surface area (Å²) < 4.78 is 0. The molecule has 5 rings (SSSR count). The molecule has 2 amide bonds. The van der Waals surface area contributed by atoms with Gasteiger partial charge >= 0.3 is 0 Å². The lowest BCUT2D eigenvalue weighted by Crippen LogP contribution is -2.38. The van der Waals surface area contributed by atoms with Gasteiger partial charge in [0.25, 0.3) is 0 Å². The fraction of sp³-hybridized carbons (Fsp3) is 0.536. The van der Waals surface area contributed by atoms with E-state index in [1.165, 1.54) is 31.2 Å². The van der Waals surface area contributed by atoms with E-state index in [2.05, 4.69) is 32.2 Å². The van der Waals surface area contributed by atoms with Crippen molar-refractivity contribution in [1.82, 2.24) is 9.88 Å². The predicted molar refractivity (Wildman–Crippen MR) is 135 cm³/mol. The predicted octanol–water partition coefficient (Wildman–Crippen LogP) is 4.83. The molecule has 1 aromatic heterocycles. The van der Waals surface area contributed by atoms with Gasteiger partial charge in [-0.2, -0.15) is 0 Å². The number of amides is 2. The summed E-state index contributed by atoms with van der Waals surface area (Å²) in [6.07, 6.45) is 12.3. The van der Waals surface area contributed by atoms with E-state index in [1.807, 2.05) is 30.5 Å². The molecule has 0 bridgehead atoms. The summed E-state index contributed by atoms with van der Waals surface area (Å²) in [5, 5.41) is 3.11. The minimum atomic E-state index is -0.00835. The van der Waals surface area contributed by atoms with E-state index in [0.29, 0.717) is 17.7 Å². The Kier molecular flexibility index (Phi) is 7.12. The van der Waals surface area contributed by atoms with E-state index in [9.17, 15) is 9.59 Å². The number of hydrogen-bond acceptors (Lipinski definition) is 4. The van der Waals surface area contributed by atoms with Gasteiger partial charge in [0.2, 0.25) is 11.8 Å². The Labute approximate surface area is 202 Å². The maximum absolute atomic E-state index is 12.8. The van der Waals surface area contributed by atoms with E-state index < -0.39 is 0 Å². The molecule has 1 unspecified atom stereocenters. The first kappa shape index (κ1) is 22.9. The Balaban J connectivity index is 1.08. The highest BCUT2D eigenvalue weighted by molar-refractivity contribution is 5.93. The van der Waals surface area contributed by atoms with Crippen LogP contribution < -0.4 is 10.2 Å². The van der Waals surface area contributed by atoms with Crippen molar-refractivity contribution in [3.05, 3.63) is 54.4 Å². The maximum atomic E-state index is 12.8. The van der Waals surface area contributed by atoms with Crippen LogP contribution in [0.4, 0.5) is 11.4 Å². The standard InChI is InChI=1S/C28H36N4O2/c33-27(18-21-4-1-2-5-21)31-15-11-23(12-16-31)22-7-9-25(10-8-22)30-28(34)24-13-17-32(20-24)26-6-3-14-29-19-26/h3,6-10,14,19,21,23-24H,1-2,4-5,11-13,15-18,20H2,(H,30,34). The zero-order chi connectivity index (χ0) is 23.3. The number of aromatic nitrogens is 1. The number of rotatable bonds is 6. The Morgan fingerprint density at radius 1 is 0.941 bits per heavy atom. The Morgan fingerprint density at radius 3 is 2.41 bits per heavy atom. The summed E-state index contributed by atoms with van der Waals surface area (Å²) in [7, 11) is 0. The number of carbonyl (C=O) groups excluding carboxylic acids is 2. The normalized spacial score (nSPS) is 21.7. The average Bonchev–Trinajstić information content (AvgIpc) is 3.58. The monoisotopic (exact) mass is 460 g/mol. The van der Waals surface area contributed by atoms with Crippen molar-refractivity contribution in [2.45, 2.75) is 57.3 Å². The molecule has 1 aromatic carbocycles. The molecule has 0 spiro atoms. The highest BCUT2D eigenvalue weighted by Crippen LogP contribution is 2.32. The molecular formula is C28H36N4O2. The molecule has 1 aliphatic carbocycles. The fourth-order valence-corrected chi connectivity index (χ4v) is 5.89. The Bertz CT molecular complexity index is 964. The number of carbonyl (C=O) groups is 2. The summed E-state index contributed by atoms with van der Waals surface area (Å²) in [6.45, 7) is 3.34. The van der Waals surface area contributed by atoms with Crippen LogP contribution in [0.2, 0.25) is 0 Å². The SMILES string of the molecule is O=C(Nc1ccc(C2CCN(C(=O)CC3CCCC3)CC2)cc1)C1CCN(c2cccnc2)C1. The number of pyridine rings is 1. The molecule has 34 heavy (non-hydrogen) atoms. The second kappa shape index (κ2) is 10.6. The van der Waals surface area contributed by atoms with Gasteiger partial charge in [-0.15, -0.1) is 0 Å². The first-order valence-electron chi connectivity index (χ1n) is 13.0. The number of anilines is 2. The molecule has 1 saturated carbocycles. The second-order valence-electron chi connectivity index (χ2n) is 10.3.